The first-order valence-corrected chi connectivity index (χ1v) is 5.15. The highest BCUT2D eigenvalue weighted by Crippen LogP contribution is 2.29. The third-order valence-corrected chi connectivity index (χ3v) is 2.32. The van der Waals surface area contributed by atoms with E-state index >= 15 is 0 Å². The van der Waals surface area contributed by atoms with E-state index in [0.29, 0.717) is 0 Å². The fourth-order valence-corrected chi connectivity index (χ4v) is 1.58. The summed E-state index contributed by atoms with van der Waals surface area (Å²) in [4.78, 5) is 0. The molecule has 0 heterocycles. The van der Waals surface area contributed by atoms with Crippen LogP contribution in [0.3, 0.4) is 0 Å². The largest absolute Gasteiger partial charge is 0.493 e. The van der Waals surface area contributed by atoms with Crippen molar-refractivity contribution in [1.29, 1.82) is 0 Å². The number of rotatable bonds is 4. The third-order valence-electron chi connectivity index (χ3n) is 1.85. The van der Waals surface area contributed by atoms with Gasteiger partial charge < -0.3 is 7.80 Å². The zero-order valence-corrected chi connectivity index (χ0v) is 10.00. The minimum absolute atomic E-state index is 0.781. The molecule has 1 aromatic rings. The molecule has 0 radical (unpaired) electrons. The first-order valence-electron chi connectivity index (χ1n) is 4.27. The Hall–Kier alpha value is -0.450. The second-order valence-corrected chi connectivity index (χ2v) is 3.25. The van der Waals surface area contributed by atoms with Gasteiger partial charge in [-0.1, -0.05) is 19.4 Å². The van der Waals surface area contributed by atoms with E-state index in [-0.39, 0.29) is 0 Å². The topological polar surface area (TPSA) is 18.5 Å². The molecule has 0 N–H and O–H groups in total. The Kier molecular flexibility index (Phi) is 4.35. The van der Waals surface area contributed by atoms with Crippen molar-refractivity contribution in [2.45, 2.75) is 19.8 Å². The fourth-order valence-electron chi connectivity index (χ4n) is 1.22. The van der Waals surface area contributed by atoms with Crippen molar-refractivity contribution in [3.05, 3.63) is 23.8 Å². The van der Waals surface area contributed by atoms with Gasteiger partial charge in [0, 0.05) is 0 Å². The molecular weight excluding hydrogens is 279 g/mol. The predicted octanol–water partition coefficient (Wildman–Crippen LogP) is 3.38. The molecule has 0 aromatic heterocycles. The van der Waals surface area contributed by atoms with E-state index < -0.39 is 0 Å². The number of ether oxygens (including phenoxy) is 1. The molecule has 0 fully saturated rings. The van der Waals surface area contributed by atoms with E-state index in [1.165, 1.54) is 5.56 Å². The molecule has 13 heavy (non-hydrogen) atoms. The number of hydrogen-bond donors (Lipinski definition) is 0. The summed E-state index contributed by atoms with van der Waals surface area (Å²) in [5.74, 6) is 1.59. The molecule has 0 saturated heterocycles. The molecule has 1 aromatic carbocycles. The maximum atomic E-state index is 5.19. The summed E-state index contributed by atoms with van der Waals surface area (Å²) in [5, 5.41) is 0. The minimum Gasteiger partial charge on any atom is -0.493 e. The van der Waals surface area contributed by atoms with Gasteiger partial charge in [-0.3, -0.25) is 0 Å². The highest BCUT2D eigenvalue weighted by Gasteiger charge is 2.03. The van der Waals surface area contributed by atoms with Gasteiger partial charge in [-0.15, -0.1) is 0 Å². The van der Waals surface area contributed by atoms with Crippen molar-refractivity contribution in [2.75, 3.05) is 7.11 Å². The van der Waals surface area contributed by atoms with Crippen molar-refractivity contribution >= 4 is 23.0 Å². The molecular formula is C10H13IO2. The van der Waals surface area contributed by atoms with Crippen LogP contribution in [0, 0.1) is 0 Å². The molecule has 0 aliphatic heterocycles. The summed E-state index contributed by atoms with van der Waals surface area (Å²) in [5.41, 5.74) is 1.29. The SMILES string of the molecule is CCCc1ccc(OI)c(OC)c1. The van der Waals surface area contributed by atoms with Gasteiger partial charge >= 0.3 is 0 Å². The van der Waals surface area contributed by atoms with Gasteiger partial charge in [0.2, 0.25) is 0 Å². The number of methoxy groups -OCH3 is 1. The van der Waals surface area contributed by atoms with Crippen molar-refractivity contribution in [1.82, 2.24) is 0 Å². The van der Waals surface area contributed by atoms with Crippen LogP contribution < -0.4 is 7.80 Å². The van der Waals surface area contributed by atoms with Crippen LogP contribution >= 0.6 is 23.0 Å². The lowest BCUT2D eigenvalue weighted by Gasteiger charge is -2.07. The van der Waals surface area contributed by atoms with Crippen LogP contribution in [0.2, 0.25) is 0 Å². The lowest BCUT2D eigenvalue weighted by atomic mass is 10.1. The van der Waals surface area contributed by atoms with Crippen LogP contribution in [0.4, 0.5) is 0 Å². The average Bonchev–Trinajstić information content (AvgIpc) is 2.18. The van der Waals surface area contributed by atoms with Crippen LogP contribution in [0.25, 0.3) is 0 Å². The van der Waals surface area contributed by atoms with Gasteiger partial charge in [-0.25, -0.2) is 0 Å². The van der Waals surface area contributed by atoms with E-state index in [2.05, 4.69) is 13.0 Å². The van der Waals surface area contributed by atoms with Gasteiger partial charge in [0.25, 0.3) is 0 Å². The summed E-state index contributed by atoms with van der Waals surface area (Å²) in [7, 11) is 1.66. The summed E-state index contributed by atoms with van der Waals surface area (Å²) < 4.78 is 10.3. The summed E-state index contributed by atoms with van der Waals surface area (Å²) in [6, 6.07) is 6.04. The Morgan fingerprint density at radius 3 is 2.62 bits per heavy atom. The molecule has 0 saturated carbocycles. The van der Waals surface area contributed by atoms with Crippen LogP contribution in [-0.4, -0.2) is 7.11 Å². The van der Waals surface area contributed by atoms with Crippen molar-refractivity contribution in [2.24, 2.45) is 0 Å². The summed E-state index contributed by atoms with van der Waals surface area (Å²) in [6.07, 6.45) is 2.23. The molecule has 0 aliphatic carbocycles. The minimum atomic E-state index is 0.781. The lowest BCUT2D eigenvalue weighted by Crippen LogP contribution is -1.89. The summed E-state index contributed by atoms with van der Waals surface area (Å²) >= 11 is 1.86. The summed E-state index contributed by atoms with van der Waals surface area (Å²) in [6.45, 7) is 2.16. The van der Waals surface area contributed by atoms with Gasteiger partial charge in [0.1, 0.15) is 0 Å². The number of hydrogen-bond acceptors (Lipinski definition) is 2. The van der Waals surface area contributed by atoms with Gasteiger partial charge in [0.15, 0.2) is 34.5 Å². The van der Waals surface area contributed by atoms with E-state index in [1.807, 2.05) is 35.1 Å². The Bertz CT molecular complexity index is 274. The molecule has 0 spiro atoms. The van der Waals surface area contributed by atoms with Gasteiger partial charge in [0.05, 0.1) is 7.11 Å². The van der Waals surface area contributed by atoms with Gasteiger partial charge in [-0.2, -0.15) is 0 Å². The van der Waals surface area contributed by atoms with Crippen LogP contribution in [0.5, 0.6) is 11.5 Å². The highest BCUT2D eigenvalue weighted by molar-refractivity contribution is 14.1. The molecule has 0 aliphatic rings. The normalized spacial score (nSPS) is 9.77. The van der Waals surface area contributed by atoms with Crippen molar-refractivity contribution in [3.8, 4) is 11.5 Å². The standard InChI is InChI=1S/C10H13IO2/c1-3-4-8-5-6-9(13-11)10(7-8)12-2/h5-7H,3-4H2,1-2H3. The van der Waals surface area contributed by atoms with E-state index in [0.717, 1.165) is 24.3 Å². The third kappa shape index (κ3) is 2.76. The quantitative estimate of drug-likeness (QED) is 0.792. The van der Waals surface area contributed by atoms with E-state index in [9.17, 15) is 0 Å². The molecule has 0 unspecified atom stereocenters. The van der Waals surface area contributed by atoms with E-state index in [1.54, 1.807) is 7.11 Å². The Morgan fingerprint density at radius 1 is 1.31 bits per heavy atom. The Labute approximate surface area is 92.9 Å². The Balaban J connectivity index is 2.91. The zero-order chi connectivity index (χ0) is 9.68. The number of halogens is 1. The monoisotopic (exact) mass is 292 g/mol. The lowest BCUT2D eigenvalue weighted by molar-refractivity contribution is 0.402. The van der Waals surface area contributed by atoms with Crippen LogP contribution in [-0.2, 0) is 6.42 Å². The maximum Gasteiger partial charge on any atom is 0.192 e. The second kappa shape index (κ2) is 5.32. The van der Waals surface area contributed by atoms with E-state index in [4.69, 9.17) is 7.80 Å². The molecule has 72 valence electrons. The molecule has 2 nitrogen and oxygen atoms in total. The highest BCUT2D eigenvalue weighted by atomic mass is 127. The second-order valence-electron chi connectivity index (χ2n) is 2.81. The predicted molar refractivity (Wildman–Crippen MR) is 61.6 cm³/mol. The average molecular weight is 292 g/mol. The van der Waals surface area contributed by atoms with Crippen molar-refractivity contribution < 1.29 is 7.80 Å². The molecule has 3 heteroatoms. The van der Waals surface area contributed by atoms with Crippen molar-refractivity contribution in [3.63, 3.8) is 0 Å². The number of aryl methyl sites for hydroxylation is 1. The smallest absolute Gasteiger partial charge is 0.192 e. The molecule has 0 bridgehead atoms. The molecule has 1 rings (SSSR count). The zero-order valence-electron chi connectivity index (χ0n) is 7.84. The fraction of sp³-hybridized carbons (Fsp3) is 0.400. The molecule has 0 amide bonds. The molecule has 0 atom stereocenters. The van der Waals surface area contributed by atoms with Gasteiger partial charge in [-0.05, 0) is 24.1 Å². The van der Waals surface area contributed by atoms with Crippen LogP contribution in [0.15, 0.2) is 18.2 Å². The maximum absolute atomic E-state index is 5.19. The van der Waals surface area contributed by atoms with Crippen LogP contribution in [0.1, 0.15) is 18.9 Å². The first-order chi connectivity index (χ1) is 6.31. The number of benzene rings is 1. The Morgan fingerprint density at radius 2 is 2.08 bits per heavy atom. The first kappa shape index (κ1) is 10.6.